The van der Waals surface area contributed by atoms with Gasteiger partial charge < -0.3 is 14.5 Å². The quantitative estimate of drug-likeness (QED) is 0.532. The molecule has 1 heterocycles. The maximum absolute atomic E-state index is 12.3. The van der Waals surface area contributed by atoms with Gasteiger partial charge in [-0.1, -0.05) is 46.3 Å². The highest BCUT2D eigenvalue weighted by Gasteiger charge is 2.20. The van der Waals surface area contributed by atoms with Crippen molar-refractivity contribution in [2.45, 2.75) is 32.7 Å². The van der Waals surface area contributed by atoms with Crippen molar-refractivity contribution in [2.75, 3.05) is 6.61 Å². The molecule has 146 valence electrons. The van der Waals surface area contributed by atoms with Crippen LogP contribution in [0.4, 0.5) is 0 Å². The third kappa shape index (κ3) is 5.01. The minimum Gasteiger partial charge on any atom is -0.450 e. The Balaban J connectivity index is 1.50. The second-order valence-corrected chi connectivity index (χ2v) is 7.68. The van der Waals surface area contributed by atoms with E-state index >= 15 is 0 Å². The van der Waals surface area contributed by atoms with E-state index in [1.54, 1.807) is 13.0 Å². The van der Waals surface area contributed by atoms with Crippen molar-refractivity contribution in [2.24, 2.45) is 0 Å². The van der Waals surface area contributed by atoms with Gasteiger partial charge in [0.25, 0.3) is 5.91 Å². The topological polar surface area (TPSA) is 68.5 Å². The SMILES string of the molecule is Cc1c(C(=O)OCC(=O)NC(C)CCc2ccccc2)oc2ccc(Br)cc12. The average Bonchev–Trinajstić information content (AvgIpc) is 3.01. The summed E-state index contributed by atoms with van der Waals surface area (Å²) in [7, 11) is 0. The number of nitrogens with one attached hydrogen (secondary N) is 1. The van der Waals surface area contributed by atoms with E-state index < -0.39 is 5.97 Å². The molecule has 1 amide bonds. The molecule has 0 saturated heterocycles. The Morgan fingerprint density at radius 3 is 2.68 bits per heavy atom. The fourth-order valence-corrected chi connectivity index (χ4v) is 3.36. The number of amides is 1. The largest absolute Gasteiger partial charge is 0.450 e. The van der Waals surface area contributed by atoms with Gasteiger partial charge in [-0.2, -0.15) is 0 Å². The average molecular weight is 444 g/mol. The first-order valence-corrected chi connectivity index (χ1v) is 9.92. The zero-order valence-electron chi connectivity index (χ0n) is 15.8. The van der Waals surface area contributed by atoms with E-state index in [-0.39, 0.29) is 24.3 Å². The molecule has 0 bridgehead atoms. The van der Waals surface area contributed by atoms with E-state index in [0.29, 0.717) is 11.1 Å². The number of aryl methyl sites for hydroxylation is 2. The third-order valence-corrected chi connectivity index (χ3v) is 5.03. The number of hydrogen-bond donors (Lipinski definition) is 1. The number of hydrogen-bond acceptors (Lipinski definition) is 4. The molecule has 1 atom stereocenters. The van der Waals surface area contributed by atoms with E-state index in [1.165, 1.54) is 5.56 Å². The Labute approximate surface area is 172 Å². The molecule has 0 radical (unpaired) electrons. The number of carbonyl (C=O) groups excluding carboxylic acids is 2. The van der Waals surface area contributed by atoms with Crippen LogP contribution in [0.3, 0.4) is 0 Å². The van der Waals surface area contributed by atoms with Crippen molar-refractivity contribution in [1.29, 1.82) is 0 Å². The Hall–Kier alpha value is -2.60. The van der Waals surface area contributed by atoms with Crippen LogP contribution in [0.5, 0.6) is 0 Å². The predicted molar refractivity (Wildman–Crippen MR) is 111 cm³/mol. The van der Waals surface area contributed by atoms with Crippen LogP contribution in [-0.4, -0.2) is 24.5 Å². The summed E-state index contributed by atoms with van der Waals surface area (Å²) in [5.41, 5.74) is 2.52. The van der Waals surface area contributed by atoms with Crippen LogP contribution in [0.2, 0.25) is 0 Å². The molecule has 3 rings (SSSR count). The van der Waals surface area contributed by atoms with Crippen LogP contribution in [0, 0.1) is 6.92 Å². The van der Waals surface area contributed by atoms with Crippen molar-refractivity contribution in [3.8, 4) is 0 Å². The molecule has 0 fully saturated rings. The first kappa shape index (κ1) is 20.1. The summed E-state index contributed by atoms with van der Waals surface area (Å²) in [5.74, 6) is -0.847. The van der Waals surface area contributed by atoms with Gasteiger partial charge in [-0.05, 0) is 50.5 Å². The Morgan fingerprint density at radius 1 is 1.18 bits per heavy atom. The minimum atomic E-state index is -0.642. The number of ether oxygens (including phenoxy) is 1. The molecule has 28 heavy (non-hydrogen) atoms. The normalized spacial score (nSPS) is 12.0. The van der Waals surface area contributed by atoms with Gasteiger partial charge in [0.05, 0.1) is 0 Å². The Bertz CT molecular complexity index is 981. The van der Waals surface area contributed by atoms with Crippen molar-refractivity contribution in [1.82, 2.24) is 5.32 Å². The van der Waals surface area contributed by atoms with Gasteiger partial charge in [-0.25, -0.2) is 4.79 Å². The van der Waals surface area contributed by atoms with Crippen molar-refractivity contribution in [3.63, 3.8) is 0 Å². The molecule has 0 aliphatic carbocycles. The lowest BCUT2D eigenvalue weighted by molar-refractivity contribution is -0.124. The summed E-state index contributed by atoms with van der Waals surface area (Å²) < 4.78 is 11.6. The summed E-state index contributed by atoms with van der Waals surface area (Å²) in [6.45, 7) is 3.39. The molecule has 2 aromatic carbocycles. The minimum absolute atomic E-state index is 0.0169. The molecule has 1 N–H and O–H groups in total. The second-order valence-electron chi connectivity index (χ2n) is 6.77. The maximum atomic E-state index is 12.3. The molecular formula is C22H22BrNO4. The zero-order chi connectivity index (χ0) is 20.1. The van der Waals surface area contributed by atoms with Crippen LogP contribution in [0.25, 0.3) is 11.0 Å². The van der Waals surface area contributed by atoms with Gasteiger partial charge in [0, 0.05) is 21.5 Å². The van der Waals surface area contributed by atoms with Gasteiger partial charge >= 0.3 is 5.97 Å². The number of rotatable bonds is 7. The van der Waals surface area contributed by atoms with Crippen LogP contribution in [0.1, 0.15) is 35.0 Å². The molecule has 0 aliphatic heterocycles. The summed E-state index contributed by atoms with van der Waals surface area (Å²) >= 11 is 3.40. The Kier molecular flexibility index (Phi) is 6.52. The lowest BCUT2D eigenvalue weighted by Gasteiger charge is -2.13. The van der Waals surface area contributed by atoms with Crippen molar-refractivity contribution in [3.05, 3.63) is 69.9 Å². The lowest BCUT2D eigenvalue weighted by Crippen LogP contribution is -2.36. The number of halogens is 1. The van der Waals surface area contributed by atoms with Crippen LogP contribution in [0.15, 0.2) is 57.4 Å². The summed E-state index contributed by atoms with van der Waals surface area (Å²) in [4.78, 5) is 24.4. The third-order valence-electron chi connectivity index (χ3n) is 4.53. The maximum Gasteiger partial charge on any atom is 0.375 e. The number of carbonyl (C=O) groups is 2. The van der Waals surface area contributed by atoms with Crippen LogP contribution >= 0.6 is 15.9 Å². The van der Waals surface area contributed by atoms with Crippen molar-refractivity contribution < 1.29 is 18.7 Å². The summed E-state index contributed by atoms with van der Waals surface area (Å²) in [5, 5.41) is 3.69. The molecule has 3 aromatic rings. The second kappa shape index (κ2) is 9.06. The monoisotopic (exact) mass is 443 g/mol. The first-order chi connectivity index (χ1) is 13.4. The van der Waals surface area contributed by atoms with Crippen LogP contribution < -0.4 is 5.32 Å². The van der Waals surface area contributed by atoms with Crippen LogP contribution in [-0.2, 0) is 16.0 Å². The van der Waals surface area contributed by atoms with Gasteiger partial charge in [0.15, 0.2) is 6.61 Å². The van der Waals surface area contributed by atoms with Gasteiger partial charge in [-0.15, -0.1) is 0 Å². The highest BCUT2D eigenvalue weighted by atomic mass is 79.9. The molecular weight excluding hydrogens is 422 g/mol. The Morgan fingerprint density at radius 2 is 1.93 bits per heavy atom. The number of furan rings is 1. The van der Waals surface area contributed by atoms with E-state index in [9.17, 15) is 9.59 Å². The lowest BCUT2D eigenvalue weighted by atomic mass is 10.1. The molecule has 0 aliphatic rings. The van der Waals surface area contributed by atoms with Gasteiger partial charge in [-0.3, -0.25) is 4.79 Å². The standard InChI is InChI=1S/C22H22BrNO4/c1-14(8-9-16-6-4-3-5-7-16)24-20(25)13-27-22(26)21-15(2)18-12-17(23)10-11-19(18)28-21/h3-7,10-12,14H,8-9,13H2,1-2H3,(H,24,25). The zero-order valence-corrected chi connectivity index (χ0v) is 17.4. The van der Waals surface area contributed by atoms with Gasteiger partial charge in [0.2, 0.25) is 5.76 Å². The smallest absolute Gasteiger partial charge is 0.375 e. The molecule has 1 aromatic heterocycles. The van der Waals surface area contributed by atoms with E-state index in [0.717, 1.165) is 22.7 Å². The highest BCUT2D eigenvalue weighted by Crippen LogP contribution is 2.28. The molecule has 0 spiro atoms. The fourth-order valence-electron chi connectivity index (χ4n) is 3.00. The molecule has 0 saturated carbocycles. The molecule has 6 heteroatoms. The predicted octanol–water partition coefficient (Wildman–Crippen LogP) is 4.80. The number of esters is 1. The van der Waals surface area contributed by atoms with Gasteiger partial charge in [0.1, 0.15) is 5.58 Å². The first-order valence-electron chi connectivity index (χ1n) is 9.13. The summed E-state index contributed by atoms with van der Waals surface area (Å²) in [6.07, 6.45) is 1.68. The van der Waals surface area contributed by atoms with E-state index in [1.807, 2.05) is 37.3 Å². The molecule has 5 nitrogen and oxygen atoms in total. The van der Waals surface area contributed by atoms with E-state index in [2.05, 4.69) is 33.4 Å². The van der Waals surface area contributed by atoms with Crippen molar-refractivity contribution >= 4 is 38.8 Å². The number of fused-ring (bicyclic) bond motifs is 1. The molecule has 1 unspecified atom stereocenters. The number of benzene rings is 2. The summed E-state index contributed by atoms with van der Waals surface area (Å²) in [6, 6.07) is 15.6. The highest BCUT2D eigenvalue weighted by molar-refractivity contribution is 9.10. The van der Waals surface area contributed by atoms with E-state index in [4.69, 9.17) is 9.15 Å². The fraction of sp³-hybridized carbons (Fsp3) is 0.273.